The van der Waals surface area contributed by atoms with Crippen LogP contribution in [0.4, 0.5) is 15.8 Å². The summed E-state index contributed by atoms with van der Waals surface area (Å²) in [7, 11) is -4.42. The van der Waals surface area contributed by atoms with Crippen molar-refractivity contribution in [3.63, 3.8) is 0 Å². The van der Waals surface area contributed by atoms with Gasteiger partial charge in [-0.1, -0.05) is 0 Å². The lowest BCUT2D eigenvalue weighted by atomic mass is 10.2. The summed E-state index contributed by atoms with van der Waals surface area (Å²) in [5.41, 5.74) is 0.449. The number of carbonyl (C=O) groups excluding carboxylic acids is 1. The maximum absolute atomic E-state index is 13.3. The van der Waals surface area contributed by atoms with Gasteiger partial charge in [-0.15, -0.1) is 4.83 Å². The first-order chi connectivity index (χ1) is 12.1. The van der Waals surface area contributed by atoms with E-state index in [2.05, 4.69) is 0 Å². The molecule has 1 amide bonds. The van der Waals surface area contributed by atoms with Crippen LogP contribution in [0, 0.1) is 26.0 Å². The lowest BCUT2D eigenvalue weighted by Crippen LogP contribution is -2.41. The molecule has 0 saturated heterocycles. The van der Waals surface area contributed by atoms with Gasteiger partial charge in [-0.25, -0.2) is 8.42 Å². The van der Waals surface area contributed by atoms with E-state index in [0.717, 1.165) is 30.3 Å². The number of nitro groups is 2. The van der Waals surface area contributed by atoms with Gasteiger partial charge < -0.3 is 0 Å². The van der Waals surface area contributed by atoms with Crippen molar-refractivity contribution in [3.05, 3.63) is 74.1 Å². The molecule has 0 aliphatic rings. The van der Waals surface area contributed by atoms with Crippen LogP contribution in [-0.2, 0) is 10.0 Å². The normalized spacial score (nSPS) is 11.0. The number of hydrazine groups is 1. The van der Waals surface area contributed by atoms with Gasteiger partial charge in [-0.05, 0) is 24.3 Å². The number of hydrogen-bond acceptors (Lipinski definition) is 7. The molecule has 2 rings (SSSR count). The first-order valence-electron chi connectivity index (χ1n) is 6.62. The molecule has 13 heteroatoms. The molecule has 0 aromatic heterocycles. The van der Waals surface area contributed by atoms with Gasteiger partial charge in [0.05, 0.1) is 14.7 Å². The Bertz CT molecular complexity index is 992. The minimum absolute atomic E-state index is 0.0802. The van der Waals surface area contributed by atoms with Crippen molar-refractivity contribution in [2.24, 2.45) is 0 Å². The summed E-state index contributed by atoms with van der Waals surface area (Å²) in [4.78, 5) is 32.3. The summed E-state index contributed by atoms with van der Waals surface area (Å²) < 4.78 is 37.3. The first kappa shape index (κ1) is 18.9. The van der Waals surface area contributed by atoms with Crippen molar-refractivity contribution in [1.82, 2.24) is 10.3 Å². The van der Waals surface area contributed by atoms with Gasteiger partial charge in [-0.3, -0.25) is 30.4 Å². The van der Waals surface area contributed by atoms with E-state index in [4.69, 9.17) is 0 Å². The molecule has 2 aromatic carbocycles. The van der Waals surface area contributed by atoms with E-state index in [-0.39, 0.29) is 11.3 Å². The van der Waals surface area contributed by atoms with Crippen molar-refractivity contribution >= 4 is 27.3 Å². The number of non-ortho nitro benzene ring substituents is 1. The molecule has 0 fully saturated rings. The van der Waals surface area contributed by atoms with Gasteiger partial charge in [0.2, 0.25) is 5.82 Å². The zero-order valence-electron chi connectivity index (χ0n) is 12.6. The smallest absolute Gasteiger partial charge is 0.273 e. The maximum Gasteiger partial charge on any atom is 0.306 e. The third-order valence-corrected chi connectivity index (χ3v) is 4.31. The highest BCUT2D eigenvalue weighted by molar-refractivity contribution is 7.89. The molecular weight excluding hydrogens is 375 g/mol. The topological polar surface area (TPSA) is 162 Å². The number of nitrogens with zero attached hydrogens (tertiary/aromatic N) is 2. The summed E-state index contributed by atoms with van der Waals surface area (Å²) in [6.07, 6.45) is 0. The highest BCUT2D eigenvalue weighted by Crippen LogP contribution is 2.21. The summed E-state index contributed by atoms with van der Waals surface area (Å²) in [6, 6.07) is 6.18. The maximum atomic E-state index is 13.3. The van der Waals surface area contributed by atoms with E-state index in [1.165, 1.54) is 0 Å². The van der Waals surface area contributed by atoms with Crippen LogP contribution in [0.15, 0.2) is 47.4 Å². The van der Waals surface area contributed by atoms with Crippen molar-refractivity contribution < 1.29 is 27.4 Å². The predicted octanol–water partition coefficient (Wildman–Crippen LogP) is 1.27. The van der Waals surface area contributed by atoms with Crippen molar-refractivity contribution in [3.8, 4) is 0 Å². The van der Waals surface area contributed by atoms with Crippen LogP contribution < -0.4 is 10.3 Å². The number of amides is 1. The third-order valence-electron chi connectivity index (χ3n) is 3.06. The summed E-state index contributed by atoms with van der Waals surface area (Å²) in [5.74, 6) is -2.15. The van der Waals surface area contributed by atoms with Crippen LogP contribution in [0.5, 0.6) is 0 Å². The highest BCUT2D eigenvalue weighted by atomic mass is 32.2. The summed E-state index contributed by atoms with van der Waals surface area (Å²) in [5, 5.41) is 21.2. The van der Waals surface area contributed by atoms with Crippen molar-refractivity contribution in [2.75, 3.05) is 0 Å². The molecule has 2 N–H and O–H groups in total. The molecule has 0 bridgehead atoms. The highest BCUT2D eigenvalue weighted by Gasteiger charge is 2.22. The second kappa shape index (κ2) is 7.20. The van der Waals surface area contributed by atoms with E-state index in [0.29, 0.717) is 12.1 Å². The fraction of sp³-hybridized carbons (Fsp3) is 0. The third kappa shape index (κ3) is 4.14. The molecule has 11 nitrogen and oxygen atoms in total. The minimum Gasteiger partial charge on any atom is -0.273 e. The van der Waals surface area contributed by atoms with Gasteiger partial charge in [0, 0.05) is 23.8 Å². The first-order valence-corrected chi connectivity index (χ1v) is 8.10. The summed E-state index contributed by atoms with van der Waals surface area (Å²) >= 11 is 0. The van der Waals surface area contributed by atoms with Crippen molar-refractivity contribution in [2.45, 2.75) is 4.90 Å². The standard InChI is InChI=1S/C13H9FN4O7S/c14-11-6-5-10(7-12(11)18(22)23)26(24,25)16-15-13(19)8-1-3-9(4-2-8)17(20)21/h1-7,16H,(H,15,19). The molecule has 0 aliphatic carbocycles. The fourth-order valence-corrected chi connectivity index (χ4v) is 2.64. The molecule has 0 atom stereocenters. The molecule has 136 valence electrons. The van der Waals surface area contributed by atoms with E-state index >= 15 is 0 Å². The number of hydrogen-bond donors (Lipinski definition) is 2. The molecule has 0 spiro atoms. The Kier molecular flexibility index (Phi) is 5.23. The zero-order valence-corrected chi connectivity index (χ0v) is 13.4. The lowest BCUT2D eigenvalue weighted by molar-refractivity contribution is -0.387. The molecule has 0 unspecified atom stereocenters. The molecular formula is C13H9FN4O7S. The molecule has 0 radical (unpaired) electrons. The largest absolute Gasteiger partial charge is 0.306 e. The van der Waals surface area contributed by atoms with Gasteiger partial charge >= 0.3 is 5.69 Å². The second-order valence-corrected chi connectivity index (χ2v) is 6.42. The van der Waals surface area contributed by atoms with E-state index in [9.17, 15) is 37.8 Å². The summed E-state index contributed by atoms with van der Waals surface area (Å²) in [6.45, 7) is 0. The molecule has 0 saturated carbocycles. The van der Waals surface area contributed by atoms with Crippen LogP contribution in [-0.4, -0.2) is 24.2 Å². The number of carbonyl (C=O) groups is 1. The van der Waals surface area contributed by atoms with Gasteiger partial charge in [0.15, 0.2) is 0 Å². The monoisotopic (exact) mass is 384 g/mol. The predicted molar refractivity (Wildman–Crippen MR) is 83.9 cm³/mol. The minimum atomic E-state index is -4.42. The Morgan fingerprint density at radius 2 is 1.62 bits per heavy atom. The Morgan fingerprint density at radius 1 is 1.00 bits per heavy atom. The van der Waals surface area contributed by atoms with E-state index in [1.807, 2.05) is 5.43 Å². The van der Waals surface area contributed by atoms with Gasteiger partial charge in [-0.2, -0.15) is 4.39 Å². The number of sulfonamides is 1. The van der Waals surface area contributed by atoms with E-state index in [1.54, 1.807) is 4.83 Å². The second-order valence-electron chi connectivity index (χ2n) is 4.73. The van der Waals surface area contributed by atoms with Crippen LogP contribution in [0.3, 0.4) is 0 Å². The Morgan fingerprint density at radius 3 is 2.15 bits per heavy atom. The van der Waals surface area contributed by atoms with Crippen molar-refractivity contribution in [1.29, 1.82) is 0 Å². The van der Waals surface area contributed by atoms with E-state index < -0.39 is 42.2 Å². The van der Waals surface area contributed by atoms with Gasteiger partial charge in [0.25, 0.3) is 21.6 Å². The average Bonchev–Trinajstić information content (AvgIpc) is 2.59. The lowest BCUT2D eigenvalue weighted by Gasteiger charge is -2.08. The molecule has 0 heterocycles. The number of halogens is 1. The number of nitrogens with one attached hydrogen (secondary N) is 2. The fourth-order valence-electron chi connectivity index (χ4n) is 1.78. The number of benzene rings is 2. The number of rotatable bonds is 6. The Hall–Kier alpha value is -3.45. The average molecular weight is 384 g/mol. The zero-order chi connectivity index (χ0) is 19.5. The molecule has 26 heavy (non-hydrogen) atoms. The molecule has 2 aromatic rings. The molecule has 0 aliphatic heterocycles. The Labute approximate surface area is 144 Å². The van der Waals surface area contributed by atoms with Crippen LogP contribution in [0.25, 0.3) is 0 Å². The van der Waals surface area contributed by atoms with Gasteiger partial charge in [0.1, 0.15) is 0 Å². The van der Waals surface area contributed by atoms with Crippen LogP contribution in [0.1, 0.15) is 10.4 Å². The van der Waals surface area contributed by atoms with Crippen LogP contribution >= 0.6 is 0 Å². The number of nitro benzene ring substituents is 2. The van der Waals surface area contributed by atoms with Crippen LogP contribution in [0.2, 0.25) is 0 Å². The Balaban J connectivity index is 2.15. The SMILES string of the molecule is O=C(NNS(=O)(=O)c1ccc(F)c([N+](=O)[O-])c1)c1ccc([N+](=O)[O-])cc1. The quantitative estimate of drug-likeness (QED) is 0.559.